The van der Waals surface area contributed by atoms with Crippen LogP contribution >= 0.6 is 0 Å². The molecule has 0 spiro atoms. The van der Waals surface area contributed by atoms with Gasteiger partial charge < -0.3 is 10.1 Å². The summed E-state index contributed by atoms with van der Waals surface area (Å²) in [6.07, 6.45) is 0. The molecule has 1 aromatic carbocycles. The summed E-state index contributed by atoms with van der Waals surface area (Å²) in [5, 5.41) is 13.7. The average Bonchev–Trinajstić information content (AvgIpc) is 2.82. The number of methoxy groups -OCH3 is 1. The van der Waals surface area contributed by atoms with Gasteiger partial charge in [-0.25, -0.2) is 13.9 Å². The van der Waals surface area contributed by atoms with Crippen LogP contribution < -0.4 is 5.32 Å². The highest BCUT2D eigenvalue weighted by atomic mass is 19.1. The maximum Gasteiger partial charge on any atom is 0.337 e. The van der Waals surface area contributed by atoms with Crippen LogP contribution in [-0.4, -0.2) is 33.3 Å². The van der Waals surface area contributed by atoms with Crippen LogP contribution in [0.3, 0.4) is 0 Å². The van der Waals surface area contributed by atoms with Gasteiger partial charge in [-0.15, -0.1) is 0 Å². The van der Waals surface area contributed by atoms with Gasteiger partial charge >= 0.3 is 5.97 Å². The first kappa shape index (κ1) is 12.9. The number of nitrogens with zero attached hydrogens (tertiary/aromatic N) is 4. The smallest absolute Gasteiger partial charge is 0.337 e. The van der Waals surface area contributed by atoms with Gasteiger partial charge in [0, 0.05) is 19.2 Å². The van der Waals surface area contributed by atoms with E-state index in [0.717, 1.165) is 6.07 Å². The van der Waals surface area contributed by atoms with E-state index >= 15 is 0 Å². The Balaban J connectivity index is 2.09. The molecule has 0 unspecified atom stereocenters. The van der Waals surface area contributed by atoms with Crippen molar-refractivity contribution in [2.75, 3.05) is 12.4 Å². The molecule has 0 aliphatic carbocycles. The second-order valence-electron chi connectivity index (χ2n) is 3.78. The molecular formula is C11H12FN5O2. The first-order valence-corrected chi connectivity index (χ1v) is 5.45. The zero-order chi connectivity index (χ0) is 13.8. The van der Waals surface area contributed by atoms with Crippen LogP contribution in [0.4, 0.5) is 10.3 Å². The van der Waals surface area contributed by atoms with Crippen LogP contribution in [0, 0.1) is 5.82 Å². The lowest BCUT2D eigenvalue weighted by Gasteiger charge is -2.06. The highest BCUT2D eigenvalue weighted by molar-refractivity contribution is 5.89. The minimum atomic E-state index is -0.573. The number of hydrogen-bond acceptors (Lipinski definition) is 6. The lowest BCUT2D eigenvalue weighted by Crippen LogP contribution is -2.08. The number of hydrogen-bond donors (Lipinski definition) is 1. The van der Waals surface area contributed by atoms with Gasteiger partial charge in [0.25, 0.3) is 0 Å². The van der Waals surface area contributed by atoms with Gasteiger partial charge in [-0.3, -0.25) is 0 Å². The fourth-order valence-electron chi connectivity index (χ4n) is 1.49. The number of rotatable bonds is 4. The molecular weight excluding hydrogens is 253 g/mol. The molecule has 0 saturated carbocycles. The second kappa shape index (κ2) is 5.42. The summed E-state index contributed by atoms with van der Waals surface area (Å²) in [6.45, 7) is 0.210. The van der Waals surface area contributed by atoms with Crippen molar-refractivity contribution in [1.82, 2.24) is 20.2 Å². The second-order valence-corrected chi connectivity index (χ2v) is 3.78. The number of aromatic nitrogens is 4. The first-order valence-electron chi connectivity index (χ1n) is 5.45. The van der Waals surface area contributed by atoms with Gasteiger partial charge in [-0.2, -0.15) is 0 Å². The number of anilines is 1. The van der Waals surface area contributed by atoms with E-state index in [9.17, 15) is 9.18 Å². The Morgan fingerprint density at radius 2 is 2.32 bits per heavy atom. The predicted molar refractivity (Wildman–Crippen MR) is 63.9 cm³/mol. The summed E-state index contributed by atoms with van der Waals surface area (Å²) in [4.78, 5) is 11.2. The molecule has 0 fully saturated rings. The highest BCUT2D eigenvalue weighted by Gasteiger charge is 2.10. The molecule has 0 amide bonds. The van der Waals surface area contributed by atoms with Crippen LogP contribution in [0.25, 0.3) is 0 Å². The van der Waals surface area contributed by atoms with Crippen LogP contribution in [0.15, 0.2) is 18.2 Å². The van der Waals surface area contributed by atoms with Crippen molar-refractivity contribution in [3.8, 4) is 0 Å². The number of ether oxygens (including phenoxy) is 1. The SMILES string of the molecule is COC(=O)c1ccc(CNc2nnnn2C)c(F)c1. The quantitative estimate of drug-likeness (QED) is 0.821. The Hall–Kier alpha value is -2.51. The third-order valence-electron chi connectivity index (χ3n) is 2.53. The Labute approximate surface area is 108 Å². The molecule has 2 aromatic rings. The van der Waals surface area contributed by atoms with Crippen molar-refractivity contribution in [2.24, 2.45) is 7.05 Å². The fourth-order valence-corrected chi connectivity index (χ4v) is 1.49. The van der Waals surface area contributed by atoms with Crippen molar-refractivity contribution < 1.29 is 13.9 Å². The Morgan fingerprint density at radius 3 is 2.89 bits per heavy atom. The number of carbonyl (C=O) groups excluding carboxylic acids is 1. The van der Waals surface area contributed by atoms with E-state index in [4.69, 9.17) is 0 Å². The molecule has 2 rings (SSSR count). The predicted octanol–water partition coefficient (Wildman–Crippen LogP) is 0.748. The Bertz CT molecular complexity index is 599. The number of nitrogens with one attached hydrogen (secondary N) is 1. The van der Waals surface area contributed by atoms with Gasteiger partial charge in [0.05, 0.1) is 12.7 Å². The van der Waals surface area contributed by atoms with Gasteiger partial charge in [0.1, 0.15) is 5.82 Å². The molecule has 100 valence electrons. The van der Waals surface area contributed by atoms with E-state index < -0.39 is 11.8 Å². The largest absolute Gasteiger partial charge is 0.465 e. The molecule has 0 atom stereocenters. The zero-order valence-corrected chi connectivity index (χ0v) is 10.4. The lowest BCUT2D eigenvalue weighted by molar-refractivity contribution is 0.0600. The zero-order valence-electron chi connectivity index (χ0n) is 10.4. The molecule has 0 aliphatic rings. The summed E-state index contributed by atoms with van der Waals surface area (Å²) >= 11 is 0. The van der Waals surface area contributed by atoms with Crippen molar-refractivity contribution in [3.05, 3.63) is 35.1 Å². The summed E-state index contributed by atoms with van der Waals surface area (Å²) in [7, 11) is 2.91. The summed E-state index contributed by atoms with van der Waals surface area (Å²) < 4.78 is 19.7. The lowest BCUT2D eigenvalue weighted by atomic mass is 10.1. The third kappa shape index (κ3) is 2.84. The van der Waals surface area contributed by atoms with Gasteiger partial charge in [0.15, 0.2) is 0 Å². The standard InChI is InChI=1S/C11H12FN5O2/c1-17-11(14-15-16-17)13-6-8-4-3-7(5-9(8)12)10(18)19-2/h3-5H,6H2,1-2H3,(H,13,14,16). The molecule has 0 bridgehead atoms. The van der Waals surface area contributed by atoms with E-state index in [1.165, 1.54) is 23.9 Å². The van der Waals surface area contributed by atoms with Gasteiger partial charge in [0.2, 0.25) is 5.95 Å². The maximum atomic E-state index is 13.8. The topological polar surface area (TPSA) is 81.9 Å². The van der Waals surface area contributed by atoms with Gasteiger partial charge in [-0.1, -0.05) is 11.2 Å². The number of esters is 1. The van der Waals surface area contributed by atoms with Crippen molar-refractivity contribution in [2.45, 2.75) is 6.54 Å². The number of halogens is 1. The van der Waals surface area contributed by atoms with Gasteiger partial charge in [-0.05, 0) is 22.6 Å². The van der Waals surface area contributed by atoms with Crippen molar-refractivity contribution in [3.63, 3.8) is 0 Å². The normalized spacial score (nSPS) is 10.3. The van der Waals surface area contributed by atoms with Crippen LogP contribution in [0.1, 0.15) is 15.9 Å². The Kier molecular flexibility index (Phi) is 3.69. The molecule has 0 saturated heterocycles. The number of aryl methyl sites for hydroxylation is 1. The summed E-state index contributed by atoms with van der Waals surface area (Å²) in [6, 6.07) is 4.15. The van der Waals surface area contributed by atoms with Crippen molar-refractivity contribution >= 4 is 11.9 Å². The summed E-state index contributed by atoms with van der Waals surface area (Å²) in [5.74, 6) is -0.641. The minimum Gasteiger partial charge on any atom is -0.465 e. The molecule has 0 radical (unpaired) electrons. The van der Waals surface area contributed by atoms with E-state index in [0.29, 0.717) is 11.5 Å². The molecule has 1 heterocycles. The van der Waals surface area contributed by atoms with Crippen LogP contribution in [0.2, 0.25) is 0 Å². The molecule has 19 heavy (non-hydrogen) atoms. The van der Waals surface area contributed by atoms with Crippen molar-refractivity contribution in [1.29, 1.82) is 0 Å². The van der Waals surface area contributed by atoms with E-state index in [1.54, 1.807) is 7.05 Å². The molecule has 0 aliphatic heterocycles. The van der Waals surface area contributed by atoms with E-state index in [1.807, 2.05) is 0 Å². The molecule has 7 nitrogen and oxygen atoms in total. The average molecular weight is 265 g/mol. The van der Waals surface area contributed by atoms with E-state index in [2.05, 4.69) is 25.6 Å². The van der Waals surface area contributed by atoms with Crippen LogP contribution in [-0.2, 0) is 18.3 Å². The molecule has 8 heteroatoms. The third-order valence-corrected chi connectivity index (χ3v) is 2.53. The molecule has 1 aromatic heterocycles. The highest BCUT2D eigenvalue weighted by Crippen LogP contribution is 2.12. The first-order chi connectivity index (χ1) is 9.11. The monoisotopic (exact) mass is 265 g/mol. The number of benzene rings is 1. The summed E-state index contributed by atoms with van der Waals surface area (Å²) in [5.41, 5.74) is 0.569. The Morgan fingerprint density at radius 1 is 1.53 bits per heavy atom. The number of tetrazole rings is 1. The fraction of sp³-hybridized carbons (Fsp3) is 0.273. The van der Waals surface area contributed by atoms with E-state index in [-0.39, 0.29) is 12.1 Å². The maximum absolute atomic E-state index is 13.8. The molecule has 1 N–H and O–H groups in total. The minimum absolute atomic E-state index is 0.170. The number of carbonyl (C=O) groups is 1. The van der Waals surface area contributed by atoms with Crippen LogP contribution in [0.5, 0.6) is 0 Å².